The molecule has 23 heavy (non-hydrogen) atoms. The summed E-state index contributed by atoms with van der Waals surface area (Å²) in [5.74, 6) is 0.879. The Balaban J connectivity index is 1.52. The van der Waals surface area contributed by atoms with E-state index in [-0.39, 0.29) is 12.5 Å². The average molecular weight is 420 g/mol. The van der Waals surface area contributed by atoms with Crippen molar-refractivity contribution in [3.63, 3.8) is 0 Å². The standard InChI is InChI=1S/C17H13IN2O3/c18-16-8-7-15(23-16)10-19-20-17(21)11-22-14-6-5-12-3-1-2-4-13(12)9-14/h1-10H,11H2,(H,20,21). The van der Waals surface area contributed by atoms with Crippen LogP contribution in [0.5, 0.6) is 5.75 Å². The molecule has 1 N–H and O–H groups in total. The van der Waals surface area contributed by atoms with E-state index in [1.807, 2.05) is 48.5 Å². The fourth-order valence-electron chi connectivity index (χ4n) is 2.00. The topological polar surface area (TPSA) is 63.8 Å². The first kappa shape index (κ1) is 15.5. The number of carbonyl (C=O) groups is 1. The third-order valence-electron chi connectivity index (χ3n) is 3.07. The van der Waals surface area contributed by atoms with Crippen LogP contribution in [0.3, 0.4) is 0 Å². The van der Waals surface area contributed by atoms with Crippen molar-refractivity contribution in [2.75, 3.05) is 6.61 Å². The van der Waals surface area contributed by atoms with Gasteiger partial charge in [-0.1, -0.05) is 30.3 Å². The van der Waals surface area contributed by atoms with Gasteiger partial charge >= 0.3 is 0 Å². The number of hydrazone groups is 1. The molecule has 0 aliphatic carbocycles. The van der Waals surface area contributed by atoms with Gasteiger partial charge in [0, 0.05) is 0 Å². The van der Waals surface area contributed by atoms with Gasteiger partial charge in [-0.25, -0.2) is 5.43 Å². The molecule has 0 spiro atoms. The Kier molecular flexibility index (Phi) is 4.92. The molecule has 0 radical (unpaired) electrons. The maximum Gasteiger partial charge on any atom is 0.277 e. The van der Waals surface area contributed by atoms with Crippen molar-refractivity contribution in [3.8, 4) is 5.75 Å². The van der Waals surface area contributed by atoms with Gasteiger partial charge in [0.05, 0.1) is 6.21 Å². The molecule has 2 aromatic carbocycles. The summed E-state index contributed by atoms with van der Waals surface area (Å²) in [6.07, 6.45) is 1.44. The van der Waals surface area contributed by atoms with Gasteiger partial charge in [0.1, 0.15) is 11.5 Å². The first-order valence-corrected chi connectivity index (χ1v) is 7.97. The van der Waals surface area contributed by atoms with Crippen LogP contribution in [0.15, 0.2) is 64.1 Å². The lowest BCUT2D eigenvalue weighted by Gasteiger charge is -2.06. The van der Waals surface area contributed by atoms with Gasteiger partial charge in [-0.05, 0) is 57.6 Å². The molecule has 0 saturated heterocycles. The Morgan fingerprint density at radius 2 is 2.00 bits per heavy atom. The van der Waals surface area contributed by atoms with E-state index in [0.717, 1.165) is 14.5 Å². The van der Waals surface area contributed by atoms with Gasteiger partial charge in [0.2, 0.25) is 0 Å². The van der Waals surface area contributed by atoms with E-state index in [2.05, 4.69) is 33.1 Å². The van der Waals surface area contributed by atoms with Gasteiger partial charge < -0.3 is 9.15 Å². The number of amides is 1. The molecule has 0 bridgehead atoms. The summed E-state index contributed by atoms with van der Waals surface area (Å²) in [5.41, 5.74) is 2.39. The van der Waals surface area contributed by atoms with Gasteiger partial charge in [-0.15, -0.1) is 0 Å². The van der Waals surface area contributed by atoms with E-state index in [4.69, 9.17) is 9.15 Å². The number of nitrogens with one attached hydrogen (secondary N) is 1. The van der Waals surface area contributed by atoms with Crippen LogP contribution in [0.2, 0.25) is 0 Å². The summed E-state index contributed by atoms with van der Waals surface area (Å²) < 4.78 is 11.5. The number of hydrogen-bond acceptors (Lipinski definition) is 4. The molecule has 0 unspecified atom stereocenters. The number of halogens is 1. The zero-order valence-electron chi connectivity index (χ0n) is 12.0. The summed E-state index contributed by atoms with van der Waals surface area (Å²) in [7, 11) is 0. The van der Waals surface area contributed by atoms with Gasteiger partial charge in [0.25, 0.3) is 5.91 Å². The van der Waals surface area contributed by atoms with E-state index >= 15 is 0 Å². The lowest BCUT2D eigenvalue weighted by molar-refractivity contribution is -0.123. The molecule has 0 atom stereocenters. The lowest BCUT2D eigenvalue weighted by Crippen LogP contribution is -2.24. The van der Waals surface area contributed by atoms with Crippen LogP contribution >= 0.6 is 22.6 Å². The fourth-order valence-corrected chi connectivity index (χ4v) is 2.44. The molecular weight excluding hydrogens is 407 g/mol. The van der Waals surface area contributed by atoms with Crippen LogP contribution in [0.1, 0.15) is 5.76 Å². The van der Waals surface area contributed by atoms with E-state index in [9.17, 15) is 4.79 Å². The Labute approximate surface area is 146 Å². The van der Waals surface area contributed by atoms with E-state index < -0.39 is 0 Å². The molecule has 116 valence electrons. The number of nitrogens with zero attached hydrogens (tertiary/aromatic N) is 1. The first-order chi connectivity index (χ1) is 11.2. The Morgan fingerprint density at radius 3 is 2.78 bits per heavy atom. The summed E-state index contributed by atoms with van der Waals surface area (Å²) in [4.78, 5) is 11.7. The molecule has 6 heteroatoms. The van der Waals surface area contributed by atoms with Crippen molar-refractivity contribution in [2.45, 2.75) is 0 Å². The molecule has 0 fully saturated rings. The minimum absolute atomic E-state index is 0.106. The largest absolute Gasteiger partial charge is 0.484 e. The van der Waals surface area contributed by atoms with Crippen LogP contribution in [-0.4, -0.2) is 18.7 Å². The van der Waals surface area contributed by atoms with Crippen molar-refractivity contribution in [1.29, 1.82) is 0 Å². The van der Waals surface area contributed by atoms with Gasteiger partial charge in [-0.2, -0.15) is 5.10 Å². The van der Waals surface area contributed by atoms with E-state index in [1.165, 1.54) is 6.21 Å². The van der Waals surface area contributed by atoms with Crippen molar-refractivity contribution < 1.29 is 13.9 Å². The highest BCUT2D eigenvalue weighted by molar-refractivity contribution is 14.1. The fraction of sp³-hybridized carbons (Fsp3) is 0.0588. The second-order valence-electron chi connectivity index (χ2n) is 4.73. The minimum atomic E-state index is -0.337. The minimum Gasteiger partial charge on any atom is -0.484 e. The summed E-state index contributed by atoms with van der Waals surface area (Å²) in [5, 5.41) is 6.01. The Bertz CT molecular complexity index is 858. The van der Waals surface area contributed by atoms with Crippen LogP contribution < -0.4 is 10.2 Å². The number of furan rings is 1. The predicted octanol–water partition coefficient (Wildman–Crippen LogP) is 3.57. The van der Waals surface area contributed by atoms with E-state index in [0.29, 0.717) is 11.5 Å². The molecule has 1 heterocycles. The average Bonchev–Trinajstić information content (AvgIpc) is 2.98. The Hall–Kier alpha value is -2.35. The molecule has 1 aromatic heterocycles. The number of carbonyl (C=O) groups excluding carboxylic acids is 1. The van der Waals surface area contributed by atoms with Crippen LogP contribution in [0, 0.1) is 3.77 Å². The maximum atomic E-state index is 11.7. The monoisotopic (exact) mass is 420 g/mol. The third kappa shape index (κ3) is 4.32. The lowest BCUT2D eigenvalue weighted by atomic mass is 10.1. The van der Waals surface area contributed by atoms with Crippen molar-refractivity contribution >= 4 is 45.5 Å². The summed E-state index contributed by atoms with van der Waals surface area (Å²) in [6, 6.07) is 17.2. The van der Waals surface area contributed by atoms with Crippen LogP contribution in [-0.2, 0) is 4.79 Å². The quantitative estimate of drug-likeness (QED) is 0.390. The summed E-state index contributed by atoms with van der Waals surface area (Å²) >= 11 is 2.06. The zero-order valence-corrected chi connectivity index (χ0v) is 14.2. The number of rotatable bonds is 5. The SMILES string of the molecule is O=C(COc1ccc2ccccc2c1)NN=Cc1ccc(I)o1. The summed E-state index contributed by atoms with van der Waals surface area (Å²) in [6.45, 7) is -0.106. The molecule has 5 nitrogen and oxygen atoms in total. The zero-order chi connectivity index (χ0) is 16.1. The van der Waals surface area contributed by atoms with Gasteiger partial charge in [0.15, 0.2) is 10.4 Å². The highest BCUT2D eigenvalue weighted by Crippen LogP contribution is 2.20. The molecule has 0 saturated carbocycles. The number of benzene rings is 2. The molecule has 3 aromatic rings. The smallest absolute Gasteiger partial charge is 0.277 e. The molecule has 1 amide bonds. The second kappa shape index (κ2) is 7.28. The maximum absolute atomic E-state index is 11.7. The highest BCUT2D eigenvalue weighted by atomic mass is 127. The second-order valence-corrected chi connectivity index (χ2v) is 5.80. The molecule has 3 rings (SSSR count). The van der Waals surface area contributed by atoms with Gasteiger partial charge in [-0.3, -0.25) is 4.79 Å². The van der Waals surface area contributed by atoms with Crippen molar-refractivity contribution in [2.24, 2.45) is 5.10 Å². The van der Waals surface area contributed by atoms with E-state index in [1.54, 1.807) is 6.07 Å². The highest BCUT2D eigenvalue weighted by Gasteiger charge is 2.03. The molecule has 0 aliphatic heterocycles. The van der Waals surface area contributed by atoms with Crippen LogP contribution in [0.4, 0.5) is 0 Å². The van der Waals surface area contributed by atoms with Crippen LogP contribution in [0.25, 0.3) is 10.8 Å². The number of fused-ring (bicyclic) bond motifs is 1. The predicted molar refractivity (Wildman–Crippen MR) is 96.6 cm³/mol. The third-order valence-corrected chi connectivity index (χ3v) is 3.65. The molecule has 0 aliphatic rings. The molecular formula is C17H13IN2O3. The Morgan fingerprint density at radius 1 is 1.17 bits per heavy atom. The van der Waals surface area contributed by atoms with Crippen molar-refractivity contribution in [1.82, 2.24) is 5.43 Å². The number of hydrogen-bond donors (Lipinski definition) is 1. The first-order valence-electron chi connectivity index (χ1n) is 6.89. The normalized spacial score (nSPS) is 11.0. The van der Waals surface area contributed by atoms with Crippen molar-refractivity contribution in [3.05, 3.63) is 64.1 Å². The number of ether oxygens (including phenoxy) is 1.